The topological polar surface area (TPSA) is 71.1 Å². The molecule has 0 unspecified atom stereocenters. The molecule has 1 saturated carbocycles. The molecule has 1 spiro atoms. The Labute approximate surface area is 103 Å². The molecule has 0 aromatic carbocycles. The highest BCUT2D eigenvalue weighted by Gasteiger charge is 2.50. The second kappa shape index (κ2) is 5.23. The van der Waals surface area contributed by atoms with Gasteiger partial charge in [-0.1, -0.05) is 11.6 Å². The van der Waals surface area contributed by atoms with E-state index in [2.05, 4.69) is 10.1 Å². The maximum Gasteiger partial charge on any atom is 0.153 e. The fourth-order valence-corrected chi connectivity index (χ4v) is 3.21. The minimum absolute atomic E-state index is 0.302. The van der Waals surface area contributed by atoms with E-state index in [4.69, 9.17) is 15.7 Å². The van der Waals surface area contributed by atoms with E-state index in [0.29, 0.717) is 23.7 Å². The lowest BCUT2D eigenvalue weighted by atomic mass is 9.63. The molecule has 3 N–H and O–H groups in total. The molecule has 1 aliphatic heterocycles. The van der Waals surface area contributed by atoms with Crippen LogP contribution in [0.4, 0.5) is 0 Å². The lowest BCUT2D eigenvalue weighted by Crippen LogP contribution is -2.40. The van der Waals surface area contributed by atoms with Gasteiger partial charge in [0.1, 0.15) is 0 Å². The summed E-state index contributed by atoms with van der Waals surface area (Å²) in [5, 5.41) is 11.7. The van der Waals surface area contributed by atoms with Crippen LogP contribution in [0.2, 0.25) is 0 Å². The highest BCUT2D eigenvalue weighted by atomic mass is 16.5. The molecule has 0 bridgehead atoms. The monoisotopic (exact) mass is 241 g/mol. The van der Waals surface area contributed by atoms with Gasteiger partial charge in [-0.05, 0) is 25.2 Å². The van der Waals surface area contributed by atoms with Crippen molar-refractivity contribution in [3.8, 4) is 0 Å². The molecule has 5 nitrogen and oxygen atoms in total. The maximum absolute atomic E-state index is 8.62. The van der Waals surface area contributed by atoms with E-state index in [0.717, 1.165) is 26.3 Å². The number of amidine groups is 1. The van der Waals surface area contributed by atoms with Crippen LogP contribution in [0, 0.1) is 11.3 Å². The van der Waals surface area contributed by atoms with Crippen molar-refractivity contribution >= 4 is 5.84 Å². The van der Waals surface area contributed by atoms with Crippen molar-refractivity contribution in [3.63, 3.8) is 0 Å². The lowest BCUT2D eigenvalue weighted by molar-refractivity contribution is 0.0224. The van der Waals surface area contributed by atoms with Crippen LogP contribution >= 0.6 is 0 Å². The quantitative estimate of drug-likeness (QED) is 0.324. The second-order valence-electron chi connectivity index (χ2n) is 5.33. The maximum atomic E-state index is 8.62. The van der Waals surface area contributed by atoms with Gasteiger partial charge in [-0.3, -0.25) is 4.90 Å². The van der Waals surface area contributed by atoms with E-state index in [-0.39, 0.29) is 0 Å². The van der Waals surface area contributed by atoms with Crippen molar-refractivity contribution in [1.82, 2.24) is 4.90 Å². The largest absolute Gasteiger partial charge is 0.409 e. The van der Waals surface area contributed by atoms with E-state index < -0.39 is 0 Å². The third-order valence-corrected chi connectivity index (χ3v) is 4.27. The molecule has 1 saturated heterocycles. The van der Waals surface area contributed by atoms with Gasteiger partial charge < -0.3 is 15.7 Å². The first kappa shape index (κ1) is 12.6. The van der Waals surface area contributed by atoms with Crippen LogP contribution in [0.5, 0.6) is 0 Å². The van der Waals surface area contributed by atoms with E-state index in [1.54, 1.807) is 0 Å². The van der Waals surface area contributed by atoms with Gasteiger partial charge in [-0.2, -0.15) is 0 Å². The van der Waals surface area contributed by atoms with Crippen molar-refractivity contribution in [2.45, 2.75) is 26.2 Å². The molecule has 1 atom stereocenters. The lowest BCUT2D eigenvalue weighted by Gasteiger charge is -2.43. The summed E-state index contributed by atoms with van der Waals surface area (Å²) in [4.78, 5) is 2.29. The summed E-state index contributed by atoms with van der Waals surface area (Å²) in [7, 11) is 0. The molecular formula is C12H23N3O2. The zero-order chi connectivity index (χ0) is 12.3. The SMILES string of the molecule is CCOC[C@@H]1CN(CC(N)=NO)CC12CCC2. The van der Waals surface area contributed by atoms with E-state index in [1.807, 2.05) is 6.92 Å². The van der Waals surface area contributed by atoms with Crippen LogP contribution < -0.4 is 5.73 Å². The van der Waals surface area contributed by atoms with Gasteiger partial charge in [0, 0.05) is 25.6 Å². The molecular weight excluding hydrogens is 218 g/mol. The zero-order valence-electron chi connectivity index (χ0n) is 10.6. The Morgan fingerprint density at radius 2 is 2.35 bits per heavy atom. The van der Waals surface area contributed by atoms with Crippen molar-refractivity contribution < 1.29 is 9.94 Å². The zero-order valence-corrected chi connectivity index (χ0v) is 10.6. The fraction of sp³-hybridized carbons (Fsp3) is 0.917. The number of likely N-dealkylation sites (tertiary alicyclic amines) is 1. The van der Waals surface area contributed by atoms with Gasteiger partial charge in [0.2, 0.25) is 0 Å². The van der Waals surface area contributed by atoms with Gasteiger partial charge in [0.25, 0.3) is 0 Å². The summed E-state index contributed by atoms with van der Waals surface area (Å²) in [6.07, 6.45) is 3.94. The normalized spacial score (nSPS) is 28.5. The Balaban J connectivity index is 1.92. The summed E-state index contributed by atoms with van der Waals surface area (Å²) in [5.41, 5.74) is 6.02. The average Bonchev–Trinajstić information content (AvgIpc) is 2.64. The number of oxime groups is 1. The first-order valence-electron chi connectivity index (χ1n) is 6.46. The van der Waals surface area contributed by atoms with Crippen molar-refractivity contribution in [1.29, 1.82) is 0 Å². The molecule has 5 heteroatoms. The van der Waals surface area contributed by atoms with Gasteiger partial charge in [-0.15, -0.1) is 0 Å². The van der Waals surface area contributed by atoms with Crippen LogP contribution in [-0.2, 0) is 4.74 Å². The Bertz CT molecular complexity index is 289. The van der Waals surface area contributed by atoms with Gasteiger partial charge in [0.05, 0.1) is 13.2 Å². The van der Waals surface area contributed by atoms with E-state index in [9.17, 15) is 0 Å². The summed E-state index contributed by atoms with van der Waals surface area (Å²) < 4.78 is 5.59. The van der Waals surface area contributed by atoms with Gasteiger partial charge in [-0.25, -0.2) is 0 Å². The third-order valence-electron chi connectivity index (χ3n) is 4.27. The van der Waals surface area contributed by atoms with Crippen molar-refractivity contribution in [2.75, 3.05) is 32.8 Å². The molecule has 0 amide bonds. The van der Waals surface area contributed by atoms with E-state index >= 15 is 0 Å². The van der Waals surface area contributed by atoms with Crippen LogP contribution in [0.1, 0.15) is 26.2 Å². The first-order chi connectivity index (χ1) is 8.20. The van der Waals surface area contributed by atoms with Crippen LogP contribution in [0.25, 0.3) is 0 Å². The first-order valence-corrected chi connectivity index (χ1v) is 6.46. The number of rotatable bonds is 5. The number of ether oxygens (including phenoxy) is 1. The molecule has 2 fully saturated rings. The number of nitrogens with two attached hydrogens (primary N) is 1. The molecule has 1 aliphatic carbocycles. The highest BCUT2D eigenvalue weighted by Crippen LogP contribution is 2.51. The van der Waals surface area contributed by atoms with Crippen molar-refractivity contribution in [2.24, 2.45) is 22.2 Å². The Kier molecular flexibility index (Phi) is 3.89. The standard InChI is InChI=1S/C12H23N3O2/c1-2-17-8-10-6-15(7-11(13)14-16)9-12(10)4-3-5-12/h10,16H,2-9H2,1H3,(H2,13,14)/t10-/m0/s1. The summed E-state index contributed by atoms with van der Waals surface area (Å²) in [6.45, 7) is 6.32. The summed E-state index contributed by atoms with van der Waals surface area (Å²) >= 11 is 0. The molecule has 0 aromatic rings. The predicted octanol–water partition coefficient (Wildman–Crippen LogP) is 0.871. The smallest absolute Gasteiger partial charge is 0.153 e. The number of nitrogens with zero attached hydrogens (tertiary/aromatic N) is 2. The highest BCUT2D eigenvalue weighted by molar-refractivity contribution is 5.81. The van der Waals surface area contributed by atoms with Crippen molar-refractivity contribution in [3.05, 3.63) is 0 Å². The fourth-order valence-electron chi connectivity index (χ4n) is 3.21. The van der Waals surface area contributed by atoms with Gasteiger partial charge in [0.15, 0.2) is 5.84 Å². The Hall–Kier alpha value is -0.810. The minimum atomic E-state index is 0.302. The molecule has 98 valence electrons. The summed E-state index contributed by atoms with van der Waals surface area (Å²) in [5.74, 6) is 0.916. The van der Waals surface area contributed by atoms with Crippen LogP contribution in [0.3, 0.4) is 0 Å². The Morgan fingerprint density at radius 3 is 2.88 bits per heavy atom. The third kappa shape index (κ3) is 2.55. The number of hydrogen-bond acceptors (Lipinski definition) is 4. The second-order valence-corrected chi connectivity index (χ2v) is 5.33. The molecule has 17 heavy (non-hydrogen) atoms. The summed E-state index contributed by atoms with van der Waals surface area (Å²) in [6, 6.07) is 0. The number of hydrogen-bond donors (Lipinski definition) is 2. The van der Waals surface area contributed by atoms with Crippen LogP contribution in [0.15, 0.2) is 5.16 Å². The van der Waals surface area contributed by atoms with Gasteiger partial charge >= 0.3 is 0 Å². The average molecular weight is 241 g/mol. The molecule has 0 aromatic heterocycles. The molecule has 0 radical (unpaired) electrons. The predicted molar refractivity (Wildman–Crippen MR) is 66.1 cm³/mol. The molecule has 2 aliphatic rings. The molecule has 1 heterocycles. The Morgan fingerprint density at radius 1 is 1.59 bits per heavy atom. The minimum Gasteiger partial charge on any atom is -0.409 e. The molecule has 2 rings (SSSR count). The van der Waals surface area contributed by atoms with E-state index in [1.165, 1.54) is 19.3 Å². The van der Waals surface area contributed by atoms with Crippen LogP contribution in [-0.4, -0.2) is 48.8 Å².